The molecule has 1 aromatic heterocycles. The monoisotopic (exact) mass is 254 g/mol. The highest BCUT2D eigenvalue weighted by Gasteiger charge is 2.28. The van der Waals surface area contributed by atoms with E-state index < -0.39 is 0 Å². The number of nitrogen functional groups attached to an aromatic ring is 1. The first-order valence-corrected chi connectivity index (χ1v) is 6.65. The number of aromatic nitrogens is 1. The third-order valence-corrected chi connectivity index (χ3v) is 4.17. The third-order valence-electron chi connectivity index (χ3n) is 3.08. The Labute approximate surface area is 105 Å². The van der Waals surface area contributed by atoms with Crippen LogP contribution < -0.4 is 16.4 Å². The zero-order chi connectivity index (χ0) is 12.4. The molecule has 1 atom stereocenters. The summed E-state index contributed by atoms with van der Waals surface area (Å²) in [6.07, 6.45) is 2.59. The Kier molecular flexibility index (Phi) is 3.51. The maximum Gasteiger partial charge on any atom is 0.265 e. The number of thiazole rings is 1. The van der Waals surface area contributed by atoms with Crippen molar-refractivity contribution in [2.45, 2.75) is 19.8 Å². The molecule has 1 fully saturated rings. The van der Waals surface area contributed by atoms with E-state index in [1.165, 1.54) is 24.2 Å². The Morgan fingerprint density at radius 2 is 2.35 bits per heavy atom. The molecule has 0 spiro atoms. The smallest absolute Gasteiger partial charge is 0.265 e. The number of nitrogens with one attached hydrogen (secondary N) is 2. The molecule has 17 heavy (non-hydrogen) atoms. The lowest BCUT2D eigenvalue weighted by Crippen LogP contribution is -2.28. The molecule has 0 aromatic carbocycles. The van der Waals surface area contributed by atoms with Crippen molar-refractivity contribution in [1.29, 1.82) is 0 Å². The van der Waals surface area contributed by atoms with E-state index in [9.17, 15) is 4.79 Å². The van der Waals surface area contributed by atoms with Crippen molar-refractivity contribution < 1.29 is 4.79 Å². The van der Waals surface area contributed by atoms with Crippen molar-refractivity contribution in [3.8, 4) is 0 Å². The van der Waals surface area contributed by atoms with Gasteiger partial charge in [0.1, 0.15) is 10.7 Å². The van der Waals surface area contributed by atoms with E-state index in [1.807, 2.05) is 0 Å². The number of anilines is 2. The Morgan fingerprint density at radius 1 is 1.65 bits per heavy atom. The maximum atomic E-state index is 11.9. The lowest BCUT2D eigenvalue weighted by atomic mass is 10.1. The number of nitrogens with zero attached hydrogens (tertiary/aromatic N) is 1. The summed E-state index contributed by atoms with van der Waals surface area (Å²) in [6.45, 7) is 2.89. The lowest BCUT2D eigenvalue weighted by molar-refractivity contribution is 0.0951. The van der Waals surface area contributed by atoms with Gasteiger partial charge in [-0.15, -0.1) is 0 Å². The zero-order valence-electron chi connectivity index (χ0n) is 10.1. The molecule has 0 saturated heterocycles. The number of hydrogen-bond donors (Lipinski definition) is 3. The number of rotatable bonds is 5. The predicted molar refractivity (Wildman–Crippen MR) is 70.3 cm³/mol. The standard InChI is InChI=1S/C11H18N4OS/c1-6(7-3-4-7)5-14-10(16)8-9(12)15-11(13-2)17-8/h6-7H,3-5,12H2,1-2H3,(H,13,15)(H,14,16). The largest absolute Gasteiger partial charge is 0.382 e. The second-order valence-electron chi connectivity index (χ2n) is 4.51. The van der Waals surface area contributed by atoms with E-state index in [1.54, 1.807) is 7.05 Å². The SMILES string of the molecule is CNc1nc(N)c(C(=O)NCC(C)C2CC2)s1. The Bertz CT molecular complexity index is 414. The fraction of sp³-hybridized carbons (Fsp3) is 0.636. The van der Waals surface area contributed by atoms with Gasteiger partial charge in [-0.25, -0.2) is 4.98 Å². The van der Waals surface area contributed by atoms with E-state index >= 15 is 0 Å². The van der Waals surface area contributed by atoms with Gasteiger partial charge in [-0.3, -0.25) is 4.79 Å². The van der Waals surface area contributed by atoms with Gasteiger partial charge in [-0.05, 0) is 24.7 Å². The maximum absolute atomic E-state index is 11.9. The van der Waals surface area contributed by atoms with Gasteiger partial charge in [-0.1, -0.05) is 18.3 Å². The van der Waals surface area contributed by atoms with Gasteiger partial charge in [0.2, 0.25) is 0 Å². The van der Waals surface area contributed by atoms with Crippen molar-refractivity contribution in [1.82, 2.24) is 10.3 Å². The molecule has 2 rings (SSSR count). The predicted octanol–water partition coefficient (Wildman–Crippen LogP) is 1.54. The summed E-state index contributed by atoms with van der Waals surface area (Å²) in [5, 5.41) is 6.47. The van der Waals surface area contributed by atoms with Gasteiger partial charge in [0, 0.05) is 13.6 Å². The van der Waals surface area contributed by atoms with Crippen molar-refractivity contribution in [2.75, 3.05) is 24.6 Å². The molecular weight excluding hydrogens is 236 g/mol. The van der Waals surface area contributed by atoms with Gasteiger partial charge in [0.15, 0.2) is 5.13 Å². The first kappa shape index (κ1) is 12.2. The van der Waals surface area contributed by atoms with Crippen LogP contribution in [0.15, 0.2) is 0 Å². The summed E-state index contributed by atoms with van der Waals surface area (Å²) in [5.41, 5.74) is 5.69. The first-order valence-electron chi connectivity index (χ1n) is 5.84. The average molecular weight is 254 g/mol. The van der Waals surface area contributed by atoms with Crippen LogP contribution in [-0.2, 0) is 0 Å². The Balaban J connectivity index is 1.91. The van der Waals surface area contributed by atoms with Crippen LogP contribution in [0.2, 0.25) is 0 Å². The zero-order valence-corrected chi connectivity index (χ0v) is 10.9. The summed E-state index contributed by atoms with van der Waals surface area (Å²) in [7, 11) is 1.76. The van der Waals surface area contributed by atoms with E-state index in [4.69, 9.17) is 5.73 Å². The van der Waals surface area contributed by atoms with E-state index in [0.29, 0.717) is 21.7 Å². The fourth-order valence-corrected chi connectivity index (χ4v) is 2.52. The van der Waals surface area contributed by atoms with Crippen LogP contribution in [0.3, 0.4) is 0 Å². The summed E-state index contributed by atoms with van der Waals surface area (Å²) in [6, 6.07) is 0. The van der Waals surface area contributed by atoms with Crippen molar-refractivity contribution in [3.63, 3.8) is 0 Å². The molecule has 4 N–H and O–H groups in total. The normalized spacial score (nSPS) is 16.6. The number of carbonyl (C=O) groups excluding carboxylic acids is 1. The van der Waals surface area contributed by atoms with Crippen LogP contribution in [0.25, 0.3) is 0 Å². The third kappa shape index (κ3) is 2.88. The highest BCUT2D eigenvalue weighted by Crippen LogP contribution is 2.36. The van der Waals surface area contributed by atoms with Crippen LogP contribution in [0, 0.1) is 11.8 Å². The summed E-state index contributed by atoms with van der Waals surface area (Å²) >= 11 is 1.28. The molecular formula is C11H18N4OS. The van der Waals surface area contributed by atoms with Gasteiger partial charge < -0.3 is 16.4 Å². The van der Waals surface area contributed by atoms with E-state index in [-0.39, 0.29) is 5.91 Å². The molecule has 1 amide bonds. The minimum absolute atomic E-state index is 0.117. The van der Waals surface area contributed by atoms with E-state index in [2.05, 4.69) is 22.5 Å². The molecule has 1 aliphatic rings. The minimum Gasteiger partial charge on any atom is -0.382 e. The molecule has 1 unspecified atom stereocenters. The second kappa shape index (κ2) is 4.91. The molecule has 1 aromatic rings. The van der Waals surface area contributed by atoms with Crippen molar-refractivity contribution >= 4 is 28.2 Å². The van der Waals surface area contributed by atoms with Gasteiger partial charge >= 0.3 is 0 Å². The summed E-state index contributed by atoms with van der Waals surface area (Å²) in [5.74, 6) is 1.53. The van der Waals surface area contributed by atoms with E-state index in [0.717, 1.165) is 12.5 Å². The van der Waals surface area contributed by atoms with Crippen LogP contribution in [0.1, 0.15) is 29.4 Å². The average Bonchev–Trinajstić information content (AvgIpc) is 3.09. The second-order valence-corrected chi connectivity index (χ2v) is 5.51. The van der Waals surface area contributed by atoms with Gasteiger partial charge in [-0.2, -0.15) is 0 Å². The van der Waals surface area contributed by atoms with Crippen LogP contribution in [0.4, 0.5) is 10.9 Å². The number of amides is 1. The highest BCUT2D eigenvalue weighted by atomic mass is 32.1. The highest BCUT2D eigenvalue weighted by molar-refractivity contribution is 7.18. The fourth-order valence-electron chi connectivity index (χ4n) is 1.77. The topological polar surface area (TPSA) is 80.0 Å². The van der Waals surface area contributed by atoms with Crippen LogP contribution >= 0.6 is 11.3 Å². The lowest BCUT2D eigenvalue weighted by Gasteiger charge is -2.10. The molecule has 0 radical (unpaired) electrons. The number of carbonyl (C=O) groups is 1. The molecule has 0 aliphatic heterocycles. The summed E-state index contributed by atoms with van der Waals surface area (Å²) in [4.78, 5) is 16.4. The molecule has 5 nitrogen and oxygen atoms in total. The number of nitrogens with two attached hydrogens (primary N) is 1. The quantitative estimate of drug-likeness (QED) is 0.744. The molecule has 1 saturated carbocycles. The summed E-state index contributed by atoms with van der Waals surface area (Å²) < 4.78 is 0. The van der Waals surface area contributed by atoms with Crippen molar-refractivity contribution in [3.05, 3.63) is 4.88 Å². The first-order chi connectivity index (χ1) is 8.11. The molecule has 6 heteroatoms. The van der Waals surface area contributed by atoms with Crippen molar-refractivity contribution in [2.24, 2.45) is 11.8 Å². The Morgan fingerprint density at radius 3 is 2.88 bits per heavy atom. The molecule has 1 heterocycles. The molecule has 94 valence electrons. The van der Waals surface area contributed by atoms with Crippen LogP contribution in [-0.4, -0.2) is 24.5 Å². The number of hydrogen-bond acceptors (Lipinski definition) is 5. The molecule has 1 aliphatic carbocycles. The van der Waals surface area contributed by atoms with Gasteiger partial charge in [0.05, 0.1) is 0 Å². The van der Waals surface area contributed by atoms with Gasteiger partial charge in [0.25, 0.3) is 5.91 Å². The Hall–Kier alpha value is -1.30. The molecule has 0 bridgehead atoms. The van der Waals surface area contributed by atoms with Crippen LogP contribution in [0.5, 0.6) is 0 Å². The minimum atomic E-state index is -0.117.